The Bertz CT molecular complexity index is 813. The van der Waals surface area contributed by atoms with Crippen LogP contribution in [0.2, 0.25) is 0 Å². The second kappa shape index (κ2) is 7.49. The lowest BCUT2D eigenvalue weighted by Crippen LogP contribution is -2.28. The maximum absolute atomic E-state index is 12.2. The lowest BCUT2D eigenvalue weighted by Gasteiger charge is -2.15. The van der Waals surface area contributed by atoms with Gasteiger partial charge in [-0.1, -0.05) is 24.3 Å². The van der Waals surface area contributed by atoms with Crippen LogP contribution in [0.25, 0.3) is 0 Å². The predicted octanol–water partition coefficient (Wildman–Crippen LogP) is 2.52. The highest BCUT2D eigenvalue weighted by Crippen LogP contribution is 2.17. The molecule has 0 bridgehead atoms. The van der Waals surface area contributed by atoms with Crippen LogP contribution in [0.5, 0.6) is 5.75 Å². The van der Waals surface area contributed by atoms with Gasteiger partial charge in [0.25, 0.3) is 0 Å². The Morgan fingerprint density at radius 3 is 2.42 bits per heavy atom. The van der Waals surface area contributed by atoms with E-state index in [4.69, 9.17) is 4.74 Å². The topological polar surface area (TPSA) is 72.5 Å². The SMILES string of the molecule is COc1cccc(CC(=O)NC(C)c2ccc(S(C)(=O)=O)cc2)c1. The van der Waals surface area contributed by atoms with Gasteiger partial charge in [0.05, 0.1) is 24.5 Å². The summed E-state index contributed by atoms with van der Waals surface area (Å²) in [6.45, 7) is 1.86. The highest BCUT2D eigenvalue weighted by molar-refractivity contribution is 7.90. The molecule has 2 aromatic carbocycles. The first-order valence-corrected chi connectivity index (χ1v) is 9.41. The molecule has 128 valence electrons. The van der Waals surface area contributed by atoms with Crippen LogP contribution in [0, 0.1) is 0 Å². The summed E-state index contributed by atoms with van der Waals surface area (Å²) in [5, 5.41) is 2.91. The maximum Gasteiger partial charge on any atom is 0.224 e. The monoisotopic (exact) mass is 347 g/mol. The number of hydrogen-bond donors (Lipinski definition) is 1. The van der Waals surface area contributed by atoms with Crippen LogP contribution in [0.1, 0.15) is 24.1 Å². The van der Waals surface area contributed by atoms with E-state index in [1.165, 1.54) is 6.26 Å². The van der Waals surface area contributed by atoms with Crippen molar-refractivity contribution in [1.82, 2.24) is 5.32 Å². The van der Waals surface area contributed by atoms with E-state index in [9.17, 15) is 13.2 Å². The smallest absolute Gasteiger partial charge is 0.224 e. The average Bonchev–Trinajstić information content (AvgIpc) is 2.54. The van der Waals surface area contributed by atoms with E-state index in [2.05, 4.69) is 5.32 Å². The van der Waals surface area contributed by atoms with Crippen LogP contribution in [0.3, 0.4) is 0 Å². The van der Waals surface area contributed by atoms with E-state index in [1.54, 1.807) is 31.4 Å². The highest BCUT2D eigenvalue weighted by Gasteiger charge is 2.12. The van der Waals surface area contributed by atoms with Crippen LogP contribution < -0.4 is 10.1 Å². The number of sulfone groups is 1. The van der Waals surface area contributed by atoms with Gasteiger partial charge >= 0.3 is 0 Å². The zero-order valence-corrected chi connectivity index (χ0v) is 14.8. The minimum atomic E-state index is -3.21. The Labute approximate surface area is 142 Å². The van der Waals surface area contributed by atoms with Gasteiger partial charge in [0.15, 0.2) is 9.84 Å². The number of ether oxygens (including phenoxy) is 1. The van der Waals surface area contributed by atoms with Crippen molar-refractivity contribution in [3.05, 3.63) is 59.7 Å². The number of carbonyl (C=O) groups is 1. The molecule has 0 aliphatic carbocycles. The van der Waals surface area contributed by atoms with E-state index in [0.29, 0.717) is 5.75 Å². The lowest BCUT2D eigenvalue weighted by atomic mass is 10.1. The highest BCUT2D eigenvalue weighted by atomic mass is 32.2. The fourth-order valence-corrected chi connectivity index (χ4v) is 2.98. The van der Waals surface area contributed by atoms with Gasteiger partial charge in [-0.3, -0.25) is 4.79 Å². The molecule has 24 heavy (non-hydrogen) atoms. The number of carbonyl (C=O) groups excluding carboxylic acids is 1. The first-order chi connectivity index (χ1) is 11.3. The summed E-state index contributed by atoms with van der Waals surface area (Å²) in [4.78, 5) is 12.4. The standard InChI is InChI=1S/C18H21NO4S/c1-13(15-7-9-17(10-8-15)24(3,21)22)19-18(20)12-14-5-4-6-16(11-14)23-2/h4-11,13H,12H2,1-3H3,(H,19,20). The Balaban J connectivity index is 2.00. The van der Waals surface area contributed by atoms with Gasteiger partial charge in [0.2, 0.25) is 5.91 Å². The number of hydrogen-bond acceptors (Lipinski definition) is 4. The van der Waals surface area contributed by atoms with Crippen molar-refractivity contribution in [3.63, 3.8) is 0 Å². The third-order valence-corrected chi connectivity index (χ3v) is 4.81. The molecule has 1 unspecified atom stereocenters. The predicted molar refractivity (Wildman–Crippen MR) is 92.8 cm³/mol. The van der Waals surface area contributed by atoms with Crippen molar-refractivity contribution >= 4 is 15.7 Å². The van der Waals surface area contributed by atoms with E-state index in [1.807, 2.05) is 31.2 Å². The largest absolute Gasteiger partial charge is 0.497 e. The molecule has 6 heteroatoms. The molecule has 0 aliphatic rings. The molecule has 0 spiro atoms. The third-order valence-electron chi connectivity index (χ3n) is 3.68. The van der Waals surface area contributed by atoms with Gasteiger partial charge in [-0.2, -0.15) is 0 Å². The summed E-state index contributed by atoms with van der Waals surface area (Å²) in [6.07, 6.45) is 1.42. The van der Waals surface area contributed by atoms with Crippen LogP contribution in [-0.4, -0.2) is 27.7 Å². The van der Waals surface area contributed by atoms with Crippen molar-refractivity contribution in [1.29, 1.82) is 0 Å². The quantitative estimate of drug-likeness (QED) is 0.871. The van der Waals surface area contributed by atoms with Crippen molar-refractivity contribution < 1.29 is 17.9 Å². The molecule has 2 aromatic rings. The molecule has 0 saturated heterocycles. The molecule has 0 saturated carbocycles. The van der Waals surface area contributed by atoms with Crippen molar-refractivity contribution in [2.75, 3.05) is 13.4 Å². The van der Waals surface area contributed by atoms with Crippen LogP contribution >= 0.6 is 0 Å². The van der Waals surface area contributed by atoms with Gasteiger partial charge in [0, 0.05) is 6.26 Å². The molecule has 5 nitrogen and oxygen atoms in total. The van der Waals surface area contributed by atoms with Crippen molar-refractivity contribution in [2.24, 2.45) is 0 Å². The molecule has 0 heterocycles. The lowest BCUT2D eigenvalue weighted by molar-refractivity contribution is -0.121. The fraction of sp³-hybridized carbons (Fsp3) is 0.278. The average molecular weight is 347 g/mol. The number of nitrogens with one attached hydrogen (secondary N) is 1. The Morgan fingerprint density at radius 2 is 1.83 bits per heavy atom. The molecule has 0 aromatic heterocycles. The molecule has 1 atom stereocenters. The summed E-state index contributed by atoms with van der Waals surface area (Å²) in [7, 11) is -1.63. The van der Waals surface area contributed by atoms with Crippen molar-refractivity contribution in [3.8, 4) is 5.75 Å². The first-order valence-electron chi connectivity index (χ1n) is 7.52. The fourth-order valence-electron chi connectivity index (χ4n) is 2.35. The molecule has 0 aliphatic heterocycles. The minimum absolute atomic E-state index is 0.108. The van der Waals surface area contributed by atoms with Crippen LogP contribution in [0.4, 0.5) is 0 Å². The van der Waals surface area contributed by atoms with Crippen molar-refractivity contribution in [2.45, 2.75) is 24.3 Å². The second-order valence-corrected chi connectivity index (χ2v) is 7.67. The molecule has 0 fully saturated rings. The van der Waals surface area contributed by atoms with E-state index < -0.39 is 9.84 Å². The van der Waals surface area contributed by atoms with Gasteiger partial charge in [-0.05, 0) is 42.3 Å². The van der Waals surface area contributed by atoms with E-state index >= 15 is 0 Å². The summed E-state index contributed by atoms with van der Waals surface area (Å²) in [5.74, 6) is 0.604. The molecule has 2 rings (SSSR count). The summed E-state index contributed by atoms with van der Waals surface area (Å²) in [5.41, 5.74) is 1.72. The van der Waals surface area contributed by atoms with Crippen LogP contribution in [-0.2, 0) is 21.1 Å². The Kier molecular flexibility index (Phi) is 5.62. The van der Waals surface area contributed by atoms with Gasteiger partial charge < -0.3 is 10.1 Å². The van der Waals surface area contributed by atoms with Gasteiger partial charge in [-0.25, -0.2) is 8.42 Å². The number of methoxy groups -OCH3 is 1. The molecule has 1 N–H and O–H groups in total. The van der Waals surface area contributed by atoms with E-state index in [-0.39, 0.29) is 23.3 Å². The molecular formula is C18H21NO4S. The third kappa shape index (κ3) is 4.83. The maximum atomic E-state index is 12.2. The van der Waals surface area contributed by atoms with Gasteiger partial charge in [-0.15, -0.1) is 0 Å². The summed E-state index contributed by atoms with van der Waals surface area (Å²) in [6, 6.07) is 13.7. The first kappa shape index (κ1) is 18.0. The Hall–Kier alpha value is -2.34. The molecule has 1 amide bonds. The zero-order valence-electron chi connectivity index (χ0n) is 13.9. The number of amides is 1. The van der Waals surface area contributed by atoms with Gasteiger partial charge in [0.1, 0.15) is 5.75 Å². The molecule has 0 radical (unpaired) electrons. The second-order valence-electron chi connectivity index (χ2n) is 5.66. The number of rotatable bonds is 6. The summed E-state index contributed by atoms with van der Waals surface area (Å²) >= 11 is 0. The van der Waals surface area contributed by atoms with E-state index in [0.717, 1.165) is 11.1 Å². The molecular weight excluding hydrogens is 326 g/mol. The Morgan fingerprint density at radius 1 is 1.17 bits per heavy atom. The zero-order chi connectivity index (χ0) is 17.7. The minimum Gasteiger partial charge on any atom is -0.497 e. The summed E-state index contributed by atoms with van der Waals surface area (Å²) < 4.78 is 28.1. The van der Waals surface area contributed by atoms with Crippen LogP contribution in [0.15, 0.2) is 53.4 Å². The normalized spacial score (nSPS) is 12.5. The number of benzene rings is 2.